The molecule has 0 fully saturated rings. The van der Waals surface area contributed by atoms with Crippen molar-refractivity contribution in [2.24, 2.45) is 5.73 Å². The van der Waals surface area contributed by atoms with Crippen molar-refractivity contribution in [2.75, 3.05) is 0 Å². The van der Waals surface area contributed by atoms with Gasteiger partial charge < -0.3 is 15.9 Å². The normalized spacial score (nSPS) is 13.5. The first kappa shape index (κ1) is 12.4. The van der Waals surface area contributed by atoms with Gasteiger partial charge in [0.25, 0.3) is 0 Å². The van der Waals surface area contributed by atoms with Crippen molar-refractivity contribution in [1.82, 2.24) is 0 Å². The molecule has 0 radical (unpaired) electrons. The van der Waals surface area contributed by atoms with E-state index in [1.807, 2.05) is 0 Å². The zero-order chi connectivity index (χ0) is 12.5. The monoisotopic (exact) mass is 227 g/mol. The molecule has 1 rings (SSSR count). The number of phenolic OH excluding ortho intramolecular Hbond substituents is 1. The van der Waals surface area contributed by atoms with Gasteiger partial charge in [-0.2, -0.15) is 0 Å². The van der Waals surface area contributed by atoms with Gasteiger partial charge in [0.15, 0.2) is 0 Å². The lowest BCUT2D eigenvalue weighted by Crippen LogP contribution is -2.46. The maximum atomic E-state index is 13.0. The molecule has 0 aliphatic carbocycles. The van der Waals surface area contributed by atoms with E-state index in [1.54, 1.807) is 13.8 Å². The highest BCUT2D eigenvalue weighted by molar-refractivity contribution is 5.76. The quantitative estimate of drug-likeness (QED) is 0.725. The molecule has 1 aromatic carbocycles. The van der Waals surface area contributed by atoms with Gasteiger partial charge in [0.05, 0.1) is 0 Å². The summed E-state index contributed by atoms with van der Waals surface area (Å²) in [5.74, 6) is -1.91. The SMILES string of the molecule is CC(C)(c1cc(F)ccc1O)C(N)C(=O)O. The molecule has 0 saturated heterocycles. The topological polar surface area (TPSA) is 83.5 Å². The molecule has 0 aromatic heterocycles. The highest BCUT2D eigenvalue weighted by atomic mass is 19.1. The van der Waals surface area contributed by atoms with Crippen LogP contribution in [0.5, 0.6) is 5.75 Å². The largest absolute Gasteiger partial charge is 0.508 e. The van der Waals surface area contributed by atoms with Crippen LogP contribution in [0.3, 0.4) is 0 Å². The zero-order valence-electron chi connectivity index (χ0n) is 9.07. The lowest BCUT2D eigenvalue weighted by atomic mass is 9.77. The molecule has 1 aromatic rings. The van der Waals surface area contributed by atoms with E-state index in [2.05, 4.69) is 0 Å². The van der Waals surface area contributed by atoms with E-state index in [4.69, 9.17) is 10.8 Å². The Morgan fingerprint density at radius 1 is 1.50 bits per heavy atom. The number of phenols is 1. The van der Waals surface area contributed by atoms with Crippen LogP contribution in [-0.2, 0) is 10.2 Å². The van der Waals surface area contributed by atoms with Crippen LogP contribution in [0.25, 0.3) is 0 Å². The van der Waals surface area contributed by atoms with Gasteiger partial charge in [0.1, 0.15) is 17.6 Å². The Balaban J connectivity index is 3.25. The number of rotatable bonds is 3. The van der Waals surface area contributed by atoms with Gasteiger partial charge in [-0.1, -0.05) is 13.8 Å². The number of hydrogen-bond acceptors (Lipinski definition) is 3. The summed E-state index contributed by atoms with van der Waals surface area (Å²) in [6.45, 7) is 3.08. The van der Waals surface area contributed by atoms with Crippen LogP contribution in [-0.4, -0.2) is 22.2 Å². The summed E-state index contributed by atoms with van der Waals surface area (Å²) in [5.41, 5.74) is 4.64. The van der Waals surface area contributed by atoms with Crippen molar-refractivity contribution in [2.45, 2.75) is 25.3 Å². The van der Waals surface area contributed by atoms with E-state index in [-0.39, 0.29) is 11.3 Å². The highest BCUT2D eigenvalue weighted by Gasteiger charge is 2.35. The molecule has 4 nitrogen and oxygen atoms in total. The first-order valence-electron chi connectivity index (χ1n) is 4.74. The van der Waals surface area contributed by atoms with E-state index in [0.717, 1.165) is 12.1 Å². The summed E-state index contributed by atoms with van der Waals surface area (Å²) in [5, 5.41) is 18.4. The molecule has 16 heavy (non-hydrogen) atoms. The summed E-state index contributed by atoms with van der Waals surface area (Å²) < 4.78 is 13.0. The third-order valence-electron chi connectivity index (χ3n) is 2.70. The molecular weight excluding hydrogens is 213 g/mol. The third kappa shape index (κ3) is 2.14. The highest BCUT2D eigenvalue weighted by Crippen LogP contribution is 2.33. The van der Waals surface area contributed by atoms with Crippen LogP contribution in [0.1, 0.15) is 19.4 Å². The second-order valence-electron chi connectivity index (χ2n) is 4.20. The number of benzene rings is 1. The molecule has 0 saturated carbocycles. The zero-order valence-corrected chi connectivity index (χ0v) is 9.07. The number of halogens is 1. The molecule has 88 valence electrons. The molecule has 1 atom stereocenters. The first-order valence-corrected chi connectivity index (χ1v) is 4.74. The summed E-state index contributed by atoms with van der Waals surface area (Å²) in [6.07, 6.45) is 0. The number of carboxylic acids is 1. The van der Waals surface area contributed by atoms with Crippen LogP contribution in [0.2, 0.25) is 0 Å². The molecule has 4 N–H and O–H groups in total. The van der Waals surface area contributed by atoms with Crippen molar-refractivity contribution in [3.8, 4) is 5.75 Å². The van der Waals surface area contributed by atoms with Crippen LogP contribution in [0.4, 0.5) is 4.39 Å². The fraction of sp³-hybridized carbons (Fsp3) is 0.364. The molecular formula is C11H14FNO3. The predicted octanol–water partition coefficient (Wildman–Crippen LogP) is 1.22. The average Bonchev–Trinajstić information content (AvgIpc) is 2.20. The molecule has 1 unspecified atom stereocenters. The summed E-state index contributed by atoms with van der Waals surface area (Å²) in [7, 11) is 0. The van der Waals surface area contributed by atoms with Gasteiger partial charge in [-0.05, 0) is 18.2 Å². The van der Waals surface area contributed by atoms with Crippen molar-refractivity contribution in [1.29, 1.82) is 0 Å². The van der Waals surface area contributed by atoms with Crippen molar-refractivity contribution in [3.05, 3.63) is 29.6 Å². The van der Waals surface area contributed by atoms with Gasteiger partial charge in [0, 0.05) is 11.0 Å². The maximum absolute atomic E-state index is 13.0. The van der Waals surface area contributed by atoms with E-state index >= 15 is 0 Å². The van der Waals surface area contributed by atoms with Gasteiger partial charge in [-0.15, -0.1) is 0 Å². The second-order valence-corrected chi connectivity index (χ2v) is 4.20. The Kier molecular flexibility index (Phi) is 3.19. The molecule has 0 aliphatic rings. The van der Waals surface area contributed by atoms with E-state index < -0.39 is 23.2 Å². The average molecular weight is 227 g/mol. The smallest absolute Gasteiger partial charge is 0.321 e. The Bertz CT molecular complexity index is 418. The molecule has 0 heterocycles. The Morgan fingerprint density at radius 3 is 2.56 bits per heavy atom. The van der Waals surface area contributed by atoms with E-state index in [1.165, 1.54) is 6.07 Å². The van der Waals surface area contributed by atoms with Crippen molar-refractivity contribution >= 4 is 5.97 Å². The molecule has 0 amide bonds. The number of nitrogens with two attached hydrogens (primary N) is 1. The first-order chi connectivity index (χ1) is 7.26. The minimum atomic E-state index is -1.22. The number of carboxylic acid groups (broad SMARTS) is 1. The van der Waals surface area contributed by atoms with Crippen LogP contribution in [0, 0.1) is 5.82 Å². The number of aromatic hydroxyl groups is 1. The predicted molar refractivity (Wildman–Crippen MR) is 56.7 cm³/mol. The summed E-state index contributed by atoms with van der Waals surface area (Å²) >= 11 is 0. The Hall–Kier alpha value is -1.62. The fourth-order valence-electron chi connectivity index (χ4n) is 1.50. The number of carbonyl (C=O) groups is 1. The van der Waals surface area contributed by atoms with E-state index in [0.29, 0.717) is 0 Å². The molecule has 0 aliphatic heterocycles. The van der Waals surface area contributed by atoms with Crippen molar-refractivity contribution < 1.29 is 19.4 Å². The van der Waals surface area contributed by atoms with Gasteiger partial charge >= 0.3 is 5.97 Å². The second kappa shape index (κ2) is 4.09. The summed E-state index contributed by atoms with van der Waals surface area (Å²) in [4.78, 5) is 10.8. The van der Waals surface area contributed by atoms with Crippen LogP contribution >= 0.6 is 0 Å². The standard InChI is InChI=1S/C11H14FNO3/c1-11(2,9(13)10(15)16)7-5-6(12)3-4-8(7)14/h3-5,9,14H,13H2,1-2H3,(H,15,16). The molecule has 5 heteroatoms. The minimum Gasteiger partial charge on any atom is -0.508 e. The molecule has 0 spiro atoms. The van der Waals surface area contributed by atoms with Crippen molar-refractivity contribution in [3.63, 3.8) is 0 Å². The minimum absolute atomic E-state index is 0.164. The lowest BCUT2D eigenvalue weighted by Gasteiger charge is -2.29. The van der Waals surface area contributed by atoms with Crippen LogP contribution < -0.4 is 5.73 Å². The van der Waals surface area contributed by atoms with Gasteiger partial charge in [0.2, 0.25) is 0 Å². The summed E-state index contributed by atoms with van der Waals surface area (Å²) in [6, 6.07) is 2.15. The number of hydrogen-bond donors (Lipinski definition) is 3. The van der Waals surface area contributed by atoms with Gasteiger partial charge in [-0.25, -0.2) is 4.39 Å². The van der Waals surface area contributed by atoms with E-state index in [9.17, 15) is 14.3 Å². The fourth-order valence-corrected chi connectivity index (χ4v) is 1.50. The number of aliphatic carboxylic acids is 1. The maximum Gasteiger partial charge on any atom is 0.321 e. The lowest BCUT2D eigenvalue weighted by molar-refractivity contribution is -0.140. The van der Waals surface area contributed by atoms with Gasteiger partial charge in [-0.3, -0.25) is 4.79 Å². The van der Waals surface area contributed by atoms with Crippen LogP contribution in [0.15, 0.2) is 18.2 Å². The Labute approximate surface area is 92.5 Å². The third-order valence-corrected chi connectivity index (χ3v) is 2.70. The Morgan fingerprint density at radius 2 is 2.06 bits per heavy atom. The molecule has 0 bridgehead atoms.